The van der Waals surface area contributed by atoms with Gasteiger partial charge < -0.3 is 9.84 Å². The van der Waals surface area contributed by atoms with Gasteiger partial charge >= 0.3 is 0 Å². The van der Waals surface area contributed by atoms with Crippen molar-refractivity contribution in [3.63, 3.8) is 0 Å². The molecule has 0 aliphatic heterocycles. The molecule has 0 atom stereocenters. The third-order valence-electron chi connectivity index (χ3n) is 2.08. The number of amides is 1. The normalized spacial score (nSPS) is 10.1. The first-order valence-electron chi connectivity index (χ1n) is 4.65. The number of rotatable bonds is 2. The van der Waals surface area contributed by atoms with Gasteiger partial charge in [-0.3, -0.25) is 4.79 Å². The maximum absolute atomic E-state index is 12.9. The lowest BCUT2D eigenvalue weighted by Gasteiger charge is -2.03. The molecule has 82 valence electrons. The molecule has 1 aromatic heterocycles. The molecule has 0 fully saturated rings. The van der Waals surface area contributed by atoms with E-state index in [4.69, 9.17) is 4.52 Å². The molecule has 5 heteroatoms. The van der Waals surface area contributed by atoms with Gasteiger partial charge in [-0.2, -0.15) is 0 Å². The Labute approximate surface area is 91.1 Å². The molecular formula is C11H9FN2O2. The predicted octanol–water partition coefficient (Wildman–Crippen LogP) is 2.37. The van der Waals surface area contributed by atoms with E-state index in [0.29, 0.717) is 17.0 Å². The zero-order valence-corrected chi connectivity index (χ0v) is 8.53. The smallest absolute Gasteiger partial charge is 0.260 e. The first-order valence-corrected chi connectivity index (χ1v) is 4.65. The van der Waals surface area contributed by atoms with E-state index in [-0.39, 0.29) is 5.91 Å². The van der Waals surface area contributed by atoms with Gasteiger partial charge in [0.1, 0.15) is 17.1 Å². The van der Waals surface area contributed by atoms with Gasteiger partial charge in [-0.15, -0.1) is 0 Å². The molecule has 2 rings (SSSR count). The van der Waals surface area contributed by atoms with Gasteiger partial charge in [-0.1, -0.05) is 11.2 Å². The van der Waals surface area contributed by atoms with Crippen LogP contribution in [-0.4, -0.2) is 11.1 Å². The molecule has 0 saturated carbocycles. The number of aryl methyl sites for hydroxylation is 1. The number of anilines is 1. The van der Waals surface area contributed by atoms with Gasteiger partial charge in [-0.05, 0) is 25.1 Å². The lowest BCUT2D eigenvalue weighted by Crippen LogP contribution is -2.12. The van der Waals surface area contributed by atoms with Crippen LogP contribution < -0.4 is 5.32 Å². The van der Waals surface area contributed by atoms with Crippen LogP contribution in [0.15, 0.2) is 35.0 Å². The molecule has 0 aliphatic carbocycles. The summed E-state index contributed by atoms with van der Waals surface area (Å²) in [4.78, 5) is 11.7. The molecule has 1 N–H and O–H groups in total. The third-order valence-corrected chi connectivity index (χ3v) is 2.08. The van der Waals surface area contributed by atoms with Crippen LogP contribution in [0.25, 0.3) is 0 Å². The van der Waals surface area contributed by atoms with Crippen molar-refractivity contribution in [1.82, 2.24) is 5.16 Å². The van der Waals surface area contributed by atoms with Crippen molar-refractivity contribution in [2.75, 3.05) is 5.32 Å². The van der Waals surface area contributed by atoms with E-state index in [0.717, 1.165) is 0 Å². The van der Waals surface area contributed by atoms with Gasteiger partial charge in [0.2, 0.25) is 0 Å². The van der Waals surface area contributed by atoms with E-state index in [1.54, 1.807) is 13.0 Å². The third kappa shape index (κ3) is 2.08. The highest BCUT2D eigenvalue weighted by Crippen LogP contribution is 2.12. The Morgan fingerprint density at radius 3 is 2.94 bits per heavy atom. The fourth-order valence-electron chi connectivity index (χ4n) is 1.28. The molecule has 2 aromatic rings. The summed E-state index contributed by atoms with van der Waals surface area (Å²) in [6.45, 7) is 1.63. The second-order valence-corrected chi connectivity index (χ2v) is 3.26. The summed E-state index contributed by atoms with van der Waals surface area (Å²) in [5.74, 6) is -0.349. The Morgan fingerprint density at radius 2 is 2.31 bits per heavy atom. The second kappa shape index (κ2) is 4.14. The first kappa shape index (κ1) is 10.4. The number of carbonyl (C=O) groups excluding carboxylic acids is 1. The van der Waals surface area contributed by atoms with Crippen LogP contribution >= 0.6 is 0 Å². The lowest BCUT2D eigenvalue weighted by atomic mass is 10.2. The van der Waals surface area contributed by atoms with E-state index in [9.17, 15) is 9.18 Å². The molecule has 0 bridgehead atoms. The Balaban J connectivity index is 2.17. The maximum atomic E-state index is 12.9. The largest absolute Gasteiger partial charge is 0.361 e. The van der Waals surface area contributed by atoms with Gasteiger partial charge in [-0.25, -0.2) is 4.39 Å². The highest BCUT2D eigenvalue weighted by molar-refractivity contribution is 6.04. The van der Waals surface area contributed by atoms with Crippen LogP contribution in [0.3, 0.4) is 0 Å². The van der Waals surface area contributed by atoms with Crippen molar-refractivity contribution >= 4 is 11.6 Å². The first-order chi connectivity index (χ1) is 7.66. The summed E-state index contributed by atoms with van der Waals surface area (Å²) in [5.41, 5.74) is 0.731. The quantitative estimate of drug-likeness (QED) is 0.845. The Hall–Kier alpha value is -2.17. The minimum absolute atomic E-state index is 0.337. The molecule has 4 nitrogen and oxygen atoms in total. The number of nitrogens with zero attached hydrogens (tertiary/aromatic N) is 1. The Bertz CT molecular complexity index is 522. The number of halogens is 1. The molecule has 1 heterocycles. The second-order valence-electron chi connectivity index (χ2n) is 3.26. The average Bonchev–Trinajstić information content (AvgIpc) is 2.64. The summed E-state index contributed by atoms with van der Waals surface area (Å²) in [6, 6.07) is 5.66. The number of hydrogen-bond donors (Lipinski definition) is 1. The number of nitrogens with one attached hydrogen (secondary N) is 1. The minimum Gasteiger partial charge on any atom is -0.361 e. The number of benzene rings is 1. The van der Waals surface area contributed by atoms with Crippen molar-refractivity contribution in [2.24, 2.45) is 0 Å². The van der Waals surface area contributed by atoms with Crippen molar-refractivity contribution in [2.45, 2.75) is 6.92 Å². The molecular weight excluding hydrogens is 211 g/mol. The summed E-state index contributed by atoms with van der Waals surface area (Å²) < 4.78 is 17.6. The van der Waals surface area contributed by atoms with Crippen LogP contribution in [0.4, 0.5) is 10.1 Å². The number of hydrogen-bond acceptors (Lipinski definition) is 3. The van der Waals surface area contributed by atoms with Crippen LogP contribution in [0, 0.1) is 12.7 Å². The van der Waals surface area contributed by atoms with Crippen molar-refractivity contribution in [3.05, 3.63) is 47.6 Å². The molecule has 0 unspecified atom stereocenters. The van der Waals surface area contributed by atoms with Gasteiger partial charge in [0, 0.05) is 5.69 Å². The minimum atomic E-state index is -0.403. The molecule has 0 saturated heterocycles. The standard InChI is InChI=1S/C11H9FN2O2/c1-7-10(6-13-16-7)11(15)14-9-4-2-3-8(12)5-9/h2-6H,1H3,(H,14,15). The highest BCUT2D eigenvalue weighted by Gasteiger charge is 2.12. The van der Waals surface area contributed by atoms with E-state index in [1.807, 2.05) is 0 Å². The summed E-state index contributed by atoms with van der Waals surface area (Å²) in [6.07, 6.45) is 1.32. The van der Waals surface area contributed by atoms with Gasteiger partial charge in [0.05, 0.1) is 6.20 Å². The number of aromatic nitrogens is 1. The Morgan fingerprint density at radius 1 is 1.50 bits per heavy atom. The molecule has 0 spiro atoms. The fraction of sp³-hybridized carbons (Fsp3) is 0.0909. The monoisotopic (exact) mass is 220 g/mol. The van der Waals surface area contributed by atoms with E-state index in [1.165, 1.54) is 24.4 Å². The van der Waals surface area contributed by atoms with Crippen molar-refractivity contribution in [1.29, 1.82) is 0 Å². The molecule has 1 amide bonds. The molecule has 16 heavy (non-hydrogen) atoms. The number of carbonyl (C=O) groups is 1. The SMILES string of the molecule is Cc1oncc1C(=O)Nc1cccc(F)c1. The van der Waals surface area contributed by atoms with Crippen LogP contribution in [-0.2, 0) is 0 Å². The predicted molar refractivity (Wildman–Crippen MR) is 55.6 cm³/mol. The summed E-state index contributed by atoms with van der Waals surface area (Å²) in [5, 5.41) is 6.04. The van der Waals surface area contributed by atoms with Crippen LogP contribution in [0.5, 0.6) is 0 Å². The van der Waals surface area contributed by atoms with E-state index in [2.05, 4.69) is 10.5 Å². The van der Waals surface area contributed by atoms with E-state index < -0.39 is 5.82 Å². The molecule has 0 aliphatic rings. The Kier molecular flexibility index (Phi) is 2.68. The van der Waals surface area contributed by atoms with Crippen LogP contribution in [0.2, 0.25) is 0 Å². The maximum Gasteiger partial charge on any atom is 0.260 e. The molecule has 1 aromatic carbocycles. The average molecular weight is 220 g/mol. The fourth-order valence-corrected chi connectivity index (χ4v) is 1.28. The summed E-state index contributed by atoms with van der Waals surface area (Å²) >= 11 is 0. The summed E-state index contributed by atoms with van der Waals surface area (Å²) in [7, 11) is 0. The molecule has 0 radical (unpaired) electrons. The van der Waals surface area contributed by atoms with Gasteiger partial charge in [0.15, 0.2) is 0 Å². The van der Waals surface area contributed by atoms with Crippen LogP contribution in [0.1, 0.15) is 16.1 Å². The lowest BCUT2D eigenvalue weighted by molar-refractivity contribution is 0.102. The van der Waals surface area contributed by atoms with Crippen molar-refractivity contribution < 1.29 is 13.7 Å². The van der Waals surface area contributed by atoms with Crippen molar-refractivity contribution in [3.8, 4) is 0 Å². The highest BCUT2D eigenvalue weighted by atomic mass is 19.1. The zero-order chi connectivity index (χ0) is 11.5. The topological polar surface area (TPSA) is 55.1 Å². The van der Waals surface area contributed by atoms with Gasteiger partial charge in [0.25, 0.3) is 5.91 Å². The zero-order valence-electron chi connectivity index (χ0n) is 8.53. The van der Waals surface area contributed by atoms with E-state index >= 15 is 0 Å².